The summed E-state index contributed by atoms with van der Waals surface area (Å²) in [6.45, 7) is 1.33. The van der Waals surface area contributed by atoms with E-state index < -0.39 is 35.0 Å². The molecule has 2 amide bonds. The number of fused-ring (bicyclic) bond motifs is 1. The van der Waals surface area contributed by atoms with Gasteiger partial charge in [-0.15, -0.1) is 0 Å². The van der Waals surface area contributed by atoms with Gasteiger partial charge in [-0.25, -0.2) is 22.4 Å². The second-order valence-electron chi connectivity index (χ2n) is 8.24. The van der Waals surface area contributed by atoms with Crippen LogP contribution in [-0.2, 0) is 6.54 Å². The normalized spacial score (nSPS) is 14.1. The molecule has 1 aliphatic rings. The average Bonchev–Trinajstić information content (AvgIpc) is 2.89. The van der Waals surface area contributed by atoms with Crippen LogP contribution in [0.1, 0.15) is 18.2 Å². The van der Waals surface area contributed by atoms with Crippen LogP contribution in [-0.4, -0.2) is 38.5 Å². The first kappa shape index (κ1) is 26.5. The van der Waals surface area contributed by atoms with E-state index in [-0.39, 0.29) is 29.4 Å². The summed E-state index contributed by atoms with van der Waals surface area (Å²) >= 11 is 0. The summed E-state index contributed by atoms with van der Waals surface area (Å²) in [4.78, 5) is 24.0. The summed E-state index contributed by atoms with van der Waals surface area (Å²) < 4.78 is 68.8. The highest BCUT2D eigenvalue weighted by atomic mass is 19.2. The lowest BCUT2D eigenvalue weighted by Gasteiger charge is -2.37. The van der Waals surface area contributed by atoms with Gasteiger partial charge in [0.25, 0.3) is 0 Å². The molecule has 0 saturated carbocycles. The number of carbonyl (C=O) groups excluding carboxylic acids is 1. The van der Waals surface area contributed by atoms with Crippen molar-refractivity contribution in [1.29, 1.82) is 0 Å². The molecule has 0 saturated heterocycles. The molecular weight excluding hydrogens is 506 g/mol. The van der Waals surface area contributed by atoms with Crippen molar-refractivity contribution in [1.82, 2.24) is 4.98 Å². The molecule has 0 radical (unpaired) electrons. The van der Waals surface area contributed by atoms with Crippen LogP contribution in [0.15, 0.2) is 47.2 Å². The summed E-state index contributed by atoms with van der Waals surface area (Å²) in [5, 5.41) is 0. The Balaban J connectivity index is 1.98. The Morgan fingerprint density at radius 1 is 1.05 bits per heavy atom. The third-order valence-corrected chi connectivity index (χ3v) is 5.89. The van der Waals surface area contributed by atoms with Crippen molar-refractivity contribution in [3.63, 3.8) is 0 Å². The third-order valence-electron chi connectivity index (χ3n) is 5.89. The van der Waals surface area contributed by atoms with Crippen molar-refractivity contribution < 1.29 is 31.8 Å². The van der Waals surface area contributed by atoms with E-state index in [0.29, 0.717) is 22.5 Å². The number of ether oxygens (including phenoxy) is 2. The molecule has 0 bridgehead atoms. The molecule has 2 aromatic carbocycles. The fraction of sp³-hybridized carbons (Fsp3) is 0.192. The van der Waals surface area contributed by atoms with E-state index in [0.717, 1.165) is 28.0 Å². The Morgan fingerprint density at radius 3 is 2.26 bits per heavy atom. The summed E-state index contributed by atoms with van der Waals surface area (Å²) in [5.41, 5.74) is 6.91. The Labute approximate surface area is 215 Å². The van der Waals surface area contributed by atoms with E-state index in [1.165, 1.54) is 38.8 Å². The third kappa shape index (κ3) is 4.49. The quantitative estimate of drug-likeness (QED) is 0.345. The zero-order valence-corrected chi connectivity index (χ0v) is 20.9. The van der Waals surface area contributed by atoms with Crippen molar-refractivity contribution in [2.75, 3.05) is 31.1 Å². The van der Waals surface area contributed by atoms with Gasteiger partial charge in [0.2, 0.25) is 0 Å². The van der Waals surface area contributed by atoms with Crippen LogP contribution in [0, 0.1) is 23.3 Å². The van der Waals surface area contributed by atoms with Gasteiger partial charge in [-0.1, -0.05) is 0 Å². The van der Waals surface area contributed by atoms with Gasteiger partial charge < -0.3 is 15.2 Å². The van der Waals surface area contributed by atoms with Crippen molar-refractivity contribution >= 4 is 34.9 Å². The highest BCUT2D eigenvalue weighted by molar-refractivity contribution is 6.13. The number of benzene rings is 2. The molecule has 0 unspecified atom stereocenters. The van der Waals surface area contributed by atoms with E-state index in [1.54, 1.807) is 14.0 Å². The first-order chi connectivity index (χ1) is 18.1. The maximum Gasteiger partial charge on any atom is 0.334 e. The Morgan fingerprint density at radius 2 is 1.71 bits per heavy atom. The monoisotopic (exact) mass is 529 g/mol. The van der Waals surface area contributed by atoms with Gasteiger partial charge in [-0.2, -0.15) is 0 Å². The van der Waals surface area contributed by atoms with E-state index in [1.807, 2.05) is 0 Å². The number of amides is 2. The first-order valence-electron chi connectivity index (χ1n) is 11.2. The van der Waals surface area contributed by atoms with Crippen LogP contribution in [0.5, 0.6) is 11.5 Å². The molecule has 4 rings (SSSR count). The highest BCUT2D eigenvalue weighted by Crippen LogP contribution is 2.43. The molecule has 2 N–H and O–H groups in total. The minimum Gasteiger partial charge on any atom is -0.493 e. The minimum absolute atomic E-state index is 0.0909. The second kappa shape index (κ2) is 10.4. The van der Waals surface area contributed by atoms with Gasteiger partial charge in [0.1, 0.15) is 5.69 Å². The summed E-state index contributed by atoms with van der Waals surface area (Å²) in [6, 6.07) is 4.38. The van der Waals surface area contributed by atoms with Crippen LogP contribution in [0.2, 0.25) is 0 Å². The molecule has 8 nitrogen and oxygen atoms in total. The molecule has 1 aliphatic heterocycles. The van der Waals surface area contributed by atoms with Crippen molar-refractivity contribution in [2.24, 2.45) is 10.7 Å². The summed E-state index contributed by atoms with van der Waals surface area (Å²) in [7, 11) is 3.90. The predicted molar refractivity (Wildman–Crippen MR) is 135 cm³/mol. The summed E-state index contributed by atoms with van der Waals surface area (Å²) in [6.07, 6.45) is 2.88. The van der Waals surface area contributed by atoms with E-state index in [9.17, 15) is 13.6 Å². The Bertz CT molecular complexity index is 1460. The molecule has 3 aromatic rings. The SMILES string of the molecule is CN=CC(=C(C)N)c1cc2c(cn1)CN(c1c(F)c(OC)cc(OC)c1F)C(=O)N2c1ccc(F)c(F)c1. The fourth-order valence-electron chi connectivity index (χ4n) is 4.07. The van der Waals surface area contributed by atoms with Crippen molar-refractivity contribution in [3.05, 3.63) is 76.8 Å². The predicted octanol–water partition coefficient (Wildman–Crippen LogP) is 5.32. The zero-order chi connectivity index (χ0) is 27.7. The number of hydrogen-bond donors (Lipinski definition) is 1. The molecule has 0 fully saturated rings. The van der Waals surface area contributed by atoms with Crippen LogP contribution in [0.4, 0.5) is 39.4 Å². The maximum atomic E-state index is 15.4. The van der Waals surface area contributed by atoms with Crippen LogP contribution in [0.3, 0.4) is 0 Å². The lowest BCUT2D eigenvalue weighted by Crippen LogP contribution is -2.46. The molecule has 0 aliphatic carbocycles. The number of allylic oxidation sites excluding steroid dienone is 2. The highest BCUT2D eigenvalue weighted by Gasteiger charge is 2.38. The number of halogens is 4. The molecular formula is C26H23F4N5O3. The van der Waals surface area contributed by atoms with Crippen molar-refractivity contribution in [2.45, 2.75) is 13.5 Å². The number of nitrogens with two attached hydrogens (primary N) is 1. The van der Waals surface area contributed by atoms with Crippen molar-refractivity contribution in [3.8, 4) is 11.5 Å². The number of pyridine rings is 1. The number of anilines is 3. The molecule has 0 atom stereocenters. The fourth-order valence-corrected chi connectivity index (χ4v) is 4.07. The average molecular weight is 529 g/mol. The molecule has 38 heavy (non-hydrogen) atoms. The van der Waals surface area contributed by atoms with Gasteiger partial charge in [-0.05, 0) is 25.1 Å². The van der Waals surface area contributed by atoms with E-state index in [2.05, 4.69) is 9.98 Å². The second-order valence-corrected chi connectivity index (χ2v) is 8.24. The largest absolute Gasteiger partial charge is 0.493 e. The molecule has 198 valence electrons. The van der Waals surface area contributed by atoms with Gasteiger partial charge in [-0.3, -0.25) is 19.8 Å². The number of carbonyl (C=O) groups is 1. The van der Waals surface area contributed by atoms with Gasteiger partial charge in [0.15, 0.2) is 34.8 Å². The Kier molecular flexibility index (Phi) is 7.24. The number of urea groups is 1. The lowest BCUT2D eigenvalue weighted by atomic mass is 10.0. The maximum absolute atomic E-state index is 15.4. The molecule has 12 heteroatoms. The van der Waals surface area contributed by atoms with E-state index in [4.69, 9.17) is 15.2 Å². The van der Waals surface area contributed by atoms with Gasteiger partial charge in [0.05, 0.1) is 37.8 Å². The zero-order valence-electron chi connectivity index (χ0n) is 20.9. The molecule has 1 aromatic heterocycles. The van der Waals surface area contributed by atoms with Crippen LogP contribution >= 0.6 is 0 Å². The smallest absolute Gasteiger partial charge is 0.334 e. The number of nitrogens with zero attached hydrogens (tertiary/aromatic N) is 4. The molecule has 2 heterocycles. The number of aliphatic imine (C=N–C) groups is 1. The minimum atomic E-state index is -1.22. The summed E-state index contributed by atoms with van der Waals surface area (Å²) in [5.74, 6) is -5.39. The number of aromatic nitrogens is 1. The first-order valence-corrected chi connectivity index (χ1v) is 11.2. The standard InChI is InChI=1S/C26H23F4N5O3/c1-13(31)16(11-32-2)19-8-20-14(10-33-19)12-34(25-23(29)21(37-3)9-22(38-4)24(25)30)26(36)35(20)15-5-6-17(27)18(28)7-15/h5-11H,12,31H2,1-4H3. The number of methoxy groups -OCH3 is 2. The Hall–Kier alpha value is -4.61. The topological polar surface area (TPSA) is 93.3 Å². The van der Waals surface area contributed by atoms with E-state index >= 15 is 8.78 Å². The number of rotatable bonds is 6. The van der Waals surface area contributed by atoms with Crippen LogP contribution in [0.25, 0.3) is 5.57 Å². The van der Waals surface area contributed by atoms with Gasteiger partial charge >= 0.3 is 6.03 Å². The van der Waals surface area contributed by atoms with Gasteiger partial charge in [0, 0.05) is 48.4 Å². The van der Waals surface area contributed by atoms with Crippen LogP contribution < -0.4 is 25.0 Å². The molecule has 0 spiro atoms. The lowest BCUT2D eigenvalue weighted by molar-refractivity contribution is 0.251. The number of hydrogen-bond acceptors (Lipinski definition) is 6.